The Balaban J connectivity index is 1.35. The van der Waals surface area contributed by atoms with E-state index in [1.165, 1.54) is 0 Å². The van der Waals surface area contributed by atoms with Gasteiger partial charge in [-0.1, -0.05) is 52.6 Å². The largest absolute Gasteiger partial charge is 0.355 e. The van der Waals surface area contributed by atoms with Crippen molar-refractivity contribution in [1.29, 1.82) is 0 Å². The van der Waals surface area contributed by atoms with Gasteiger partial charge in [0.25, 0.3) is 0 Å². The molecular formula is C20H17Cl2N3O2. The molecule has 0 aliphatic heterocycles. The third-order valence-electron chi connectivity index (χ3n) is 4.76. The molecule has 1 amide bonds. The van der Waals surface area contributed by atoms with Crippen LogP contribution in [0.3, 0.4) is 0 Å². The Labute approximate surface area is 166 Å². The molecule has 0 radical (unpaired) electrons. The number of carbonyl (C=O) groups is 1. The average molecular weight is 402 g/mol. The van der Waals surface area contributed by atoms with Crippen LogP contribution in [0.4, 0.5) is 0 Å². The third kappa shape index (κ3) is 3.84. The summed E-state index contributed by atoms with van der Waals surface area (Å²) in [4.78, 5) is 17.0. The van der Waals surface area contributed by atoms with Gasteiger partial charge < -0.3 is 9.84 Å². The van der Waals surface area contributed by atoms with E-state index in [1.54, 1.807) is 12.1 Å². The fourth-order valence-electron chi connectivity index (χ4n) is 3.09. The Morgan fingerprint density at radius 1 is 1.11 bits per heavy atom. The van der Waals surface area contributed by atoms with Crippen LogP contribution in [0, 0.1) is 0 Å². The number of hydrogen-bond donors (Lipinski definition) is 1. The molecule has 7 heteroatoms. The van der Waals surface area contributed by atoms with E-state index in [2.05, 4.69) is 15.5 Å². The lowest BCUT2D eigenvalue weighted by atomic mass is 9.95. The molecule has 0 bridgehead atoms. The topological polar surface area (TPSA) is 68.0 Å². The summed E-state index contributed by atoms with van der Waals surface area (Å²) >= 11 is 11.9. The highest BCUT2D eigenvalue weighted by Crippen LogP contribution is 2.48. The molecule has 1 N–H and O–H groups in total. The van der Waals surface area contributed by atoms with Gasteiger partial charge in [-0.05, 0) is 42.7 Å². The van der Waals surface area contributed by atoms with Crippen molar-refractivity contribution in [3.63, 3.8) is 0 Å². The lowest BCUT2D eigenvalue weighted by Crippen LogP contribution is -2.35. The van der Waals surface area contributed by atoms with E-state index in [9.17, 15) is 4.79 Å². The molecule has 1 aromatic heterocycles. The van der Waals surface area contributed by atoms with Gasteiger partial charge in [0.05, 0.1) is 5.41 Å². The molecule has 5 nitrogen and oxygen atoms in total. The highest BCUT2D eigenvalue weighted by atomic mass is 35.5. The van der Waals surface area contributed by atoms with Gasteiger partial charge in [-0.2, -0.15) is 4.98 Å². The van der Waals surface area contributed by atoms with Crippen molar-refractivity contribution in [3.05, 3.63) is 70.0 Å². The van der Waals surface area contributed by atoms with Crippen molar-refractivity contribution < 1.29 is 9.32 Å². The quantitative estimate of drug-likeness (QED) is 0.662. The van der Waals surface area contributed by atoms with Gasteiger partial charge >= 0.3 is 0 Å². The molecule has 2 aromatic carbocycles. The van der Waals surface area contributed by atoms with Gasteiger partial charge in [-0.3, -0.25) is 4.79 Å². The molecule has 0 unspecified atom stereocenters. The maximum absolute atomic E-state index is 12.6. The maximum atomic E-state index is 12.6. The van der Waals surface area contributed by atoms with Crippen molar-refractivity contribution in [2.24, 2.45) is 0 Å². The lowest BCUT2D eigenvalue weighted by molar-refractivity contribution is -0.123. The van der Waals surface area contributed by atoms with Gasteiger partial charge in [-0.25, -0.2) is 0 Å². The van der Waals surface area contributed by atoms with Crippen LogP contribution in [0.5, 0.6) is 0 Å². The van der Waals surface area contributed by atoms with Gasteiger partial charge in [0.1, 0.15) is 0 Å². The molecule has 1 aliphatic carbocycles. The van der Waals surface area contributed by atoms with Gasteiger partial charge in [0, 0.05) is 28.6 Å². The van der Waals surface area contributed by atoms with E-state index in [1.807, 2.05) is 36.4 Å². The van der Waals surface area contributed by atoms with Crippen LogP contribution in [0.1, 0.15) is 24.3 Å². The number of nitrogens with zero attached hydrogens (tertiary/aromatic N) is 2. The maximum Gasteiger partial charge on any atom is 0.230 e. The Bertz CT molecular complexity index is 965. The number of benzene rings is 2. The first-order chi connectivity index (χ1) is 13.1. The number of carbonyl (C=O) groups excluding carboxylic acids is 1. The molecule has 138 valence electrons. The van der Waals surface area contributed by atoms with Crippen molar-refractivity contribution in [1.82, 2.24) is 15.5 Å². The molecular weight excluding hydrogens is 385 g/mol. The van der Waals surface area contributed by atoms with E-state index in [-0.39, 0.29) is 5.91 Å². The minimum Gasteiger partial charge on any atom is -0.355 e. The zero-order valence-electron chi connectivity index (χ0n) is 14.4. The molecule has 1 aliphatic rings. The Hall–Kier alpha value is -2.37. The second-order valence-corrected chi connectivity index (χ2v) is 7.49. The molecule has 0 saturated heterocycles. The third-order valence-corrected chi connectivity index (χ3v) is 5.24. The average Bonchev–Trinajstić information content (AvgIpc) is 3.34. The van der Waals surface area contributed by atoms with Crippen LogP contribution in [0.25, 0.3) is 11.4 Å². The minimum atomic E-state index is -0.425. The summed E-state index contributed by atoms with van der Waals surface area (Å²) in [6, 6.07) is 14.7. The fraction of sp³-hybridized carbons (Fsp3) is 0.250. The Morgan fingerprint density at radius 2 is 1.89 bits per heavy atom. The summed E-state index contributed by atoms with van der Waals surface area (Å²) in [6.45, 7) is 0.436. The smallest absolute Gasteiger partial charge is 0.230 e. The molecule has 0 spiro atoms. The monoisotopic (exact) mass is 401 g/mol. The number of amides is 1. The molecule has 1 fully saturated rings. The van der Waals surface area contributed by atoms with Crippen LogP contribution >= 0.6 is 23.2 Å². The normalized spacial score (nSPS) is 14.7. The molecule has 3 aromatic rings. The predicted molar refractivity (Wildman–Crippen MR) is 104 cm³/mol. The van der Waals surface area contributed by atoms with E-state index in [4.69, 9.17) is 27.7 Å². The summed E-state index contributed by atoms with van der Waals surface area (Å²) in [7, 11) is 0. The number of rotatable bonds is 6. The SMILES string of the molecule is O=C(NCCc1nc(-c2cccc(Cl)c2)no1)C1(c2ccc(Cl)cc2)CC1. The second-order valence-electron chi connectivity index (χ2n) is 6.62. The molecule has 0 atom stereocenters. The molecule has 1 saturated carbocycles. The summed E-state index contributed by atoms with van der Waals surface area (Å²) in [5, 5.41) is 8.24. The van der Waals surface area contributed by atoms with Gasteiger partial charge in [0.2, 0.25) is 17.6 Å². The number of nitrogens with one attached hydrogen (secondary N) is 1. The van der Waals surface area contributed by atoms with E-state index >= 15 is 0 Å². The van der Waals surface area contributed by atoms with Crippen LogP contribution in [-0.4, -0.2) is 22.6 Å². The molecule has 4 rings (SSSR count). The van der Waals surface area contributed by atoms with Gasteiger partial charge in [-0.15, -0.1) is 0 Å². The summed E-state index contributed by atoms with van der Waals surface area (Å²) < 4.78 is 5.27. The van der Waals surface area contributed by atoms with Crippen molar-refractivity contribution in [2.75, 3.05) is 6.54 Å². The van der Waals surface area contributed by atoms with E-state index in [0.717, 1.165) is 24.0 Å². The first kappa shape index (κ1) is 18.0. The summed E-state index contributed by atoms with van der Waals surface area (Å²) in [5.74, 6) is 0.986. The Morgan fingerprint density at radius 3 is 2.59 bits per heavy atom. The van der Waals surface area contributed by atoms with Crippen molar-refractivity contribution in [3.8, 4) is 11.4 Å². The fourth-order valence-corrected chi connectivity index (χ4v) is 3.41. The zero-order chi connectivity index (χ0) is 18.9. The van der Waals surface area contributed by atoms with Crippen LogP contribution in [-0.2, 0) is 16.6 Å². The zero-order valence-corrected chi connectivity index (χ0v) is 15.9. The van der Waals surface area contributed by atoms with Crippen LogP contribution in [0.2, 0.25) is 10.0 Å². The standard InChI is InChI=1S/C20H17Cl2N3O2/c21-15-6-4-14(5-7-15)20(9-10-20)19(26)23-11-8-17-24-18(25-27-17)13-2-1-3-16(22)12-13/h1-7,12H,8-11H2,(H,23,26). The highest BCUT2D eigenvalue weighted by molar-refractivity contribution is 6.31. The Kier molecular flexibility index (Phi) is 4.89. The van der Waals surface area contributed by atoms with E-state index in [0.29, 0.717) is 34.7 Å². The van der Waals surface area contributed by atoms with Crippen molar-refractivity contribution >= 4 is 29.1 Å². The van der Waals surface area contributed by atoms with E-state index < -0.39 is 5.41 Å². The second kappa shape index (κ2) is 7.33. The highest BCUT2D eigenvalue weighted by Gasteiger charge is 2.50. The number of hydrogen-bond acceptors (Lipinski definition) is 4. The molecule has 27 heavy (non-hydrogen) atoms. The van der Waals surface area contributed by atoms with Gasteiger partial charge in [0.15, 0.2) is 0 Å². The molecule has 1 heterocycles. The van der Waals surface area contributed by atoms with Crippen LogP contribution < -0.4 is 5.32 Å². The summed E-state index contributed by atoms with van der Waals surface area (Å²) in [5.41, 5.74) is 1.37. The first-order valence-electron chi connectivity index (χ1n) is 8.70. The lowest BCUT2D eigenvalue weighted by Gasteiger charge is -2.15. The number of halogens is 2. The predicted octanol–water partition coefficient (Wildman–Crippen LogP) is 4.43. The summed E-state index contributed by atoms with van der Waals surface area (Å²) in [6.07, 6.45) is 2.16. The first-order valence-corrected chi connectivity index (χ1v) is 9.45. The van der Waals surface area contributed by atoms with Crippen molar-refractivity contribution in [2.45, 2.75) is 24.7 Å². The van der Waals surface area contributed by atoms with Crippen LogP contribution in [0.15, 0.2) is 53.1 Å². The minimum absolute atomic E-state index is 0.0272. The number of aromatic nitrogens is 2.